The molecule has 0 saturated carbocycles. The molecule has 3 heterocycles. The smallest absolute Gasteiger partial charge is 0.246 e. The van der Waals surface area contributed by atoms with Crippen molar-refractivity contribution in [2.45, 2.75) is 34.2 Å². The molecule has 1 aliphatic rings. The van der Waals surface area contributed by atoms with E-state index in [4.69, 9.17) is 14.0 Å². The first-order chi connectivity index (χ1) is 14.5. The standard InChI is InChI=1S/C23H25N3O4/c1-5-25(13-18-6-8-20-21(12-18)29-14-28-20)23(27)9-7-19-10-15(2)26(17(19)4)22-11-16(3)30-24-22/h6-12H,5,13-14H2,1-4H3/b9-7+. The summed E-state index contributed by atoms with van der Waals surface area (Å²) in [7, 11) is 0. The minimum Gasteiger partial charge on any atom is -0.454 e. The topological polar surface area (TPSA) is 69.7 Å². The number of amides is 1. The van der Waals surface area contributed by atoms with Gasteiger partial charge in [0.15, 0.2) is 17.3 Å². The lowest BCUT2D eigenvalue weighted by molar-refractivity contribution is -0.126. The van der Waals surface area contributed by atoms with Crippen LogP contribution in [0.25, 0.3) is 11.9 Å². The highest BCUT2D eigenvalue weighted by atomic mass is 16.7. The van der Waals surface area contributed by atoms with E-state index < -0.39 is 0 Å². The molecule has 0 unspecified atom stereocenters. The number of fused-ring (bicyclic) bond motifs is 1. The summed E-state index contributed by atoms with van der Waals surface area (Å²) in [4.78, 5) is 14.6. The van der Waals surface area contributed by atoms with Gasteiger partial charge in [0.05, 0.1) is 0 Å². The van der Waals surface area contributed by atoms with Crippen molar-refractivity contribution in [3.8, 4) is 17.3 Å². The summed E-state index contributed by atoms with van der Waals surface area (Å²) in [6, 6.07) is 9.70. The second-order valence-corrected chi connectivity index (χ2v) is 7.33. The molecule has 7 nitrogen and oxygen atoms in total. The highest BCUT2D eigenvalue weighted by molar-refractivity contribution is 5.92. The van der Waals surface area contributed by atoms with E-state index in [-0.39, 0.29) is 12.7 Å². The predicted molar refractivity (Wildman–Crippen MR) is 113 cm³/mol. The third-order valence-corrected chi connectivity index (χ3v) is 5.22. The van der Waals surface area contributed by atoms with Crippen LogP contribution in [0.2, 0.25) is 0 Å². The second kappa shape index (κ2) is 8.10. The highest BCUT2D eigenvalue weighted by Gasteiger charge is 2.16. The zero-order valence-corrected chi connectivity index (χ0v) is 17.6. The number of aromatic nitrogens is 2. The Labute approximate surface area is 175 Å². The molecule has 0 fully saturated rings. The van der Waals surface area contributed by atoms with E-state index in [1.54, 1.807) is 11.0 Å². The lowest BCUT2D eigenvalue weighted by Crippen LogP contribution is -2.28. The maximum absolute atomic E-state index is 12.8. The highest BCUT2D eigenvalue weighted by Crippen LogP contribution is 2.32. The molecule has 3 aromatic rings. The van der Waals surface area contributed by atoms with Crippen LogP contribution in [-0.4, -0.2) is 33.9 Å². The monoisotopic (exact) mass is 407 g/mol. The van der Waals surface area contributed by atoms with Crippen LogP contribution >= 0.6 is 0 Å². The number of benzene rings is 1. The first-order valence-corrected chi connectivity index (χ1v) is 9.94. The molecule has 0 atom stereocenters. The molecule has 1 amide bonds. The van der Waals surface area contributed by atoms with Crippen LogP contribution in [-0.2, 0) is 11.3 Å². The first-order valence-electron chi connectivity index (χ1n) is 9.94. The van der Waals surface area contributed by atoms with Crippen LogP contribution in [0.5, 0.6) is 11.5 Å². The van der Waals surface area contributed by atoms with Crippen LogP contribution in [0.3, 0.4) is 0 Å². The molecule has 0 spiro atoms. The summed E-state index contributed by atoms with van der Waals surface area (Å²) in [5.41, 5.74) is 4.01. The van der Waals surface area contributed by atoms with Crippen molar-refractivity contribution in [3.05, 3.63) is 64.7 Å². The van der Waals surface area contributed by atoms with E-state index in [9.17, 15) is 4.79 Å². The van der Waals surface area contributed by atoms with Gasteiger partial charge in [0.1, 0.15) is 5.76 Å². The molecule has 4 rings (SSSR count). The Morgan fingerprint density at radius 3 is 2.70 bits per heavy atom. The molecule has 0 bridgehead atoms. The Hall–Kier alpha value is -3.48. The third-order valence-electron chi connectivity index (χ3n) is 5.22. The molecular weight excluding hydrogens is 382 g/mol. The summed E-state index contributed by atoms with van der Waals surface area (Å²) in [6.07, 6.45) is 3.48. The van der Waals surface area contributed by atoms with Crippen LogP contribution < -0.4 is 9.47 Å². The van der Waals surface area contributed by atoms with Crippen LogP contribution in [0, 0.1) is 20.8 Å². The molecule has 0 radical (unpaired) electrons. The lowest BCUT2D eigenvalue weighted by atomic mass is 10.1. The van der Waals surface area contributed by atoms with Gasteiger partial charge in [-0.15, -0.1) is 0 Å². The van der Waals surface area contributed by atoms with Gasteiger partial charge in [0, 0.05) is 36.6 Å². The third kappa shape index (κ3) is 3.83. The molecule has 0 aliphatic carbocycles. The summed E-state index contributed by atoms with van der Waals surface area (Å²) >= 11 is 0. The molecule has 1 aromatic carbocycles. The number of hydrogen-bond acceptors (Lipinski definition) is 5. The molecular formula is C23H25N3O4. The molecule has 7 heteroatoms. The van der Waals surface area contributed by atoms with Gasteiger partial charge in [0.25, 0.3) is 0 Å². The van der Waals surface area contributed by atoms with E-state index >= 15 is 0 Å². The number of nitrogens with zero attached hydrogens (tertiary/aromatic N) is 3. The van der Waals surface area contributed by atoms with Crippen molar-refractivity contribution in [2.24, 2.45) is 0 Å². The maximum Gasteiger partial charge on any atom is 0.246 e. The normalized spacial score (nSPS) is 12.7. The molecule has 156 valence electrons. The summed E-state index contributed by atoms with van der Waals surface area (Å²) in [5, 5.41) is 4.10. The van der Waals surface area contributed by atoms with Crippen LogP contribution in [0.1, 0.15) is 35.2 Å². The number of ether oxygens (including phenoxy) is 2. The van der Waals surface area contributed by atoms with Crippen LogP contribution in [0.4, 0.5) is 0 Å². The van der Waals surface area contributed by atoms with Crippen molar-refractivity contribution < 1.29 is 18.8 Å². The van der Waals surface area contributed by atoms with Gasteiger partial charge in [-0.1, -0.05) is 11.2 Å². The maximum atomic E-state index is 12.8. The summed E-state index contributed by atoms with van der Waals surface area (Å²) in [5.74, 6) is 2.92. The fraction of sp³-hybridized carbons (Fsp3) is 0.304. The van der Waals surface area contributed by atoms with Gasteiger partial charge < -0.3 is 18.9 Å². The summed E-state index contributed by atoms with van der Waals surface area (Å²) in [6.45, 7) is 9.20. The Morgan fingerprint density at radius 2 is 1.97 bits per heavy atom. The van der Waals surface area contributed by atoms with Gasteiger partial charge in [-0.05, 0) is 63.1 Å². The van der Waals surface area contributed by atoms with Crippen molar-refractivity contribution in [1.82, 2.24) is 14.6 Å². The Kier molecular flexibility index (Phi) is 5.35. The van der Waals surface area contributed by atoms with E-state index in [1.165, 1.54) is 0 Å². The number of hydrogen-bond donors (Lipinski definition) is 0. The van der Waals surface area contributed by atoms with Crippen molar-refractivity contribution in [1.29, 1.82) is 0 Å². The second-order valence-electron chi connectivity index (χ2n) is 7.33. The number of likely N-dealkylation sites (N-methyl/N-ethyl adjacent to an activating group) is 1. The van der Waals surface area contributed by atoms with Gasteiger partial charge in [-0.2, -0.15) is 0 Å². The van der Waals surface area contributed by atoms with E-state index in [2.05, 4.69) is 5.16 Å². The van der Waals surface area contributed by atoms with Gasteiger partial charge in [-0.3, -0.25) is 9.36 Å². The number of carbonyl (C=O) groups excluding carboxylic acids is 1. The Morgan fingerprint density at radius 1 is 1.17 bits per heavy atom. The molecule has 2 aromatic heterocycles. The number of carbonyl (C=O) groups is 1. The lowest BCUT2D eigenvalue weighted by Gasteiger charge is -2.19. The van der Waals surface area contributed by atoms with Crippen molar-refractivity contribution in [3.63, 3.8) is 0 Å². The van der Waals surface area contributed by atoms with E-state index in [0.717, 1.165) is 45.6 Å². The Balaban J connectivity index is 1.49. The largest absolute Gasteiger partial charge is 0.454 e. The van der Waals surface area contributed by atoms with Crippen molar-refractivity contribution in [2.75, 3.05) is 13.3 Å². The van der Waals surface area contributed by atoms with Gasteiger partial charge >= 0.3 is 0 Å². The fourth-order valence-electron chi connectivity index (χ4n) is 3.64. The minimum atomic E-state index is -0.0442. The number of rotatable bonds is 6. The number of aryl methyl sites for hydroxylation is 2. The molecule has 0 saturated heterocycles. The predicted octanol–water partition coefficient (Wildman–Crippen LogP) is 4.18. The van der Waals surface area contributed by atoms with Gasteiger partial charge in [-0.25, -0.2) is 0 Å². The first kappa shape index (κ1) is 19.8. The minimum absolute atomic E-state index is 0.0442. The zero-order chi connectivity index (χ0) is 21.3. The van der Waals surface area contributed by atoms with E-state index in [0.29, 0.717) is 13.1 Å². The average Bonchev–Trinajstić information content (AvgIpc) is 3.43. The SMILES string of the molecule is CCN(Cc1ccc2c(c1)OCO2)C(=O)/C=C/c1cc(C)n(-c2cc(C)on2)c1C. The molecule has 30 heavy (non-hydrogen) atoms. The molecule has 0 N–H and O–H groups in total. The zero-order valence-electron chi connectivity index (χ0n) is 17.6. The summed E-state index contributed by atoms with van der Waals surface area (Å²) < 4.78 is 18.0. The van der Waals surface area contributed by atoms with Gasteiger partial charge in [0.2, 0.25) is 12.7 Å². The molecule has 1 aliphatic heterocycles. The van der Waals surface area contributed by atoms with Crippen LogP contribution in [0.15, 0.2) is 40.9 Å². The van der Waals surface area contributed by atoms with Crippen molar-refractivity contribution >= 4 is 12.0 Å². The van der Waals surface area contributed by atoms with E-state index in [1.807, 2.05) is 68.7 Å². The average molecular weight is 407 g/mol. The quantitative estimate of drug-likeness (QED) is 0.574. The fourth-order valence-corrected chi connectivity index (χ4v) is 3.64. The Bertz CT molecular complexity index is 1110.